The Morgan fingerprint density at radius 2 is 0.493 bits per heavy atom. The molecule has 6 heteroatoms. The van der Waals surface area contributed by atoms with Gasteiger partial charge in [-0.3, -0.25) is 14.4 Å². The summed E-state index contributed by atoms with van der Waals surface area (Å²) in [5.41, 5.74) is 0. The molecule has 0 aromatic heterocycles. The van der Waals surface area contributed by atoms with Crippen LogP contribution in [0.4, 0.5) is 0 Å². The lowest BCUT2D eigenvalue weighted by Crippen LogP contribution is -2.30. The van der Waals surface area contributed by atoms with Gasteiger partial charge in [0.15, 0.2) is 6.10 Å². The van der Waals surface area contributed by atoms with Crippen LogP contribution in [-0.2, 0) is 28.6 Å². The average molecular weight is 944 g/mol. The van der Waals surface area contributed by atoms with Gasteiger partial charge in [-0.15, -0.1) is 0 Å². The van der Waals surface area contributed by atoms with Gasteiger partial charge in [-0.05, 0) is 70.6 Å². The molecule has 394 valence electrons. The summed E-state index contributed by atoms with van der Waals surface area (Å²) in [7, 11) is 0. The maximum atomic E-state index is 12.9. The third-order valence-corrected chi connectivity index (χ3v) is 13.4. The molecule has 0 radical (unpaired) electrons. The van der Waals surface area contributed by atoms with Crippen molar-refractivity contribution in [2.24, 2.45) is 0 Å². The van der Waals surface area contributed by atoms with Crippen LogP contribution in [-0.4, -0.2) is 37.2 Å². The minimum atomic E-state index is -0.771. The van der Waals surface area contributed by atoms with E-state index in [1.165, 1.54) is 225 Å². The number of hydrogen-bond acceptors (Lipinski definition) is 6. The lowest BCUT2D eigenvalue weighted by molar-refractivity contribution is -0.167. The van der Waals surface area contributed by atoms with Gasteiger partial charge in [-0.25, -0.2) is 0 Å². The molecule has 0 spiro atoms. The van der Waals surface area contributed by atoms with Gasteiger partial charge >= 0.3 is 17.9 Å². The Bertz CT molecular complexity index is 1080. The van der Waals surface area contributed by atoms with E-state index in [-0.39, 0.29) is 31.1 Å². The normalized spacial score (nSPS) is 12.1. The lowest BCUT2D eigenvalue weighted by atomic mass is 10.0. The Morgan fingerprint density at radius 1 is 0.284 bits per heavy atom. The number of unbranched alkanes of at least 4 members (excludes halogenated alkanes) is 40. The summed E-state index contributed by atoms with van der Waals surface area (Å²) in [5, 5.41) is 0. The Morgan fingerprint density at radius 3 is 0.746 bits per heavy atom. The Kier molecular flexibility index (Phi) is 54.7. The van der Waals surface area contributed by atoms with E-state index in [0.29, 0.717) is 19.3 Å². The van der Waals surface area contributed by atoms with Crippen molar-refractivity contribution in [3.8, 4) is 0 Å². The van der Waals surface area contributed by atoms with E-state index in [4.69, 9.17) is 14.2 Å². The van der Waals surface area contributed by atoms with Crippen molar-refractivity contribution < 1.29 is 28.6 Å². The summed E-state index contributed by atoms with van der Waals surface area (Å²) in [6, 6.07) is 0. The van der Waals surface area contributed by atoms with Crippen LogP contribution in [0.2, 0.25) is 0 Å². The van der Waals surface area contributed by atoms with Crippen LogP contribution in [0.5, 0.6) is 0 Å². The van der Waals surface area contributed by atoms with E-state index < -0.39 is 6.10 Å². The minimum absolute atomic E-state index is 0.0704. The third-order valence-electron chi connectivity index (χ3n) is 13.4. The van der Waals surface area contributed by atoms with Gasteiger partial charge in [-0.1, -0.05) is 263 Å². The monoisotopic (exact) mass is 943 g/mol. The summed E-state index contributed by atoms with van der Waals surface area (Å²) < 4.78 is 16.9. The van der Waals surface area contributed by atoms with Gasteiger partial charge in [0.1, 0.15) is 13.2 Å². The minimum Gasteiger partial charge on any atom is -0.462 e. The molecule has 0 saturated carbocycles. The molecule has 1 unspecified atom stereocenters. The molecule has 0 fully saturated rings. The number of esters is 3. The number of hydrogen-bond donors (Lipinski definition) is 0. The predicted octanol–water partition coefficient (Wildman–Crippen LogP) is 19.9. The number of ether oxygens (including phenoxy) is 3. The van der Waals surface area contributed by atoms with Crippen molar-refractivity contribution in [2.75, 3.05) is 13.2 Å². The molecule has 0 heterocycles. The second-order valence-electron chi connectivity index (χ2n) is 20.3. The average Bonchev–Trinajstić information content (AvgIpc) is 3.33. The van der Waals surface area contributed by atoms with Gasteiger partial charge < -0.3 is 14.2 Å². The maximum Gasteiger partial charge on any atom is 0.306 e. The fourth-order valence-corrected chi connectivity index (χ4v) is 8.91. The molecule has 6 nitrogen and oxygen atoms in total. The van der Waals surface area contributed by atoms with Crippen molar-refractivity contribution >= 4 is 17.9 Å². The second kappa shape index (κ2) is 56.5. The molecule has 1 atom stereocenters. The Labute approximate surface area is 417 Å². The number of carbonyl (C=O) groups is 3. The lowest BCUT2D eigenvalue weighted by Gasteiger charge is -2.18. The molecule has 67 heavy (non-hydrogen) atoms. The first-order valence-corrected chi connectivity index (χ1v) is 29.8. The largest absolute Gasteiger partial charge is 0.462 e. The summed E-state index contributed by atoms with van der Waals surface area (Å²) in [6.45, 7) is 6.67. The first-order valence-electron chi connectivity index (χ1n) is 29.8. The molecule has 0 bridgehead atoms. The van der Waals surface area contributed by atoms with Crippen molar-refractivity contribution in [1.82, 2.24) is 0 Å². The van der Waals surface area contributed by atoms with Crippen LogP contribution in [0.25, 0.3) is 0 Å². The Hall–Kier alpha value is -2.11. The molecule has 0 aromatic rings. The third kappa shape index (κ3) is 54.7. The molecule has 0 aromatic carbocycles. The van der Waals surface area contributed by atoms with E-state index in [9.17, 15) is 14.4 Å². The summed E-state index contributed by atoms with van der Waals surface area (Å²) in [5.74, 6) is -0.859. The highest BCUT2D eigenvalue weighted by molar-refractivity contribution is 5.71. The van der Waals surface area contributed by atoms with Crippen LogP contribution in [0.15, 0.2) is 24.3 Å². The Balaban J connectivity index is 4.32. The summed E-state index contributed by atoms with van der Waals surface area (Å²) in [6.07, 6.45) is 66.0. The van der Waals surface area contributed by atoms with Gasteiger partial charge in [0.05, 0.1) is 0 Å². The summed E-state index contributed by atoms with van der Waals surface area (Å²) in [4.78, 5) is 38.2. The zero-order valence-corrected chi connectivity index (χ0v) is 45.2. The number of allylic oxidation sites excluding steroid dienone is 4. The fourth-order valence-electron chi connectivity index (χ4n) is 8.91. The number of rotatable bonds is 55. The van der Waals surface area contributed by atoms with E-state index in [2.05, 4.69) is 45.1 Å². The smallest absolute Gasteiger partial charge is 0.306 e. The molecular weight excluding hydrogens is 829 g/mol. The highest BCUT2D eigenvalue weighted by Gasteiger charge is 2.19. The summed E-state index contributed by atoms with van der Waals surface area (Å²) >= 11 is 0. The van der Waals surface area contributed by atoms with Crippen LogP contribution < -0.4 is 0 Å². The molecular formula is C61H114O6. The first kappa shape index (κ1) is 64.9. The molecule has 0 aliphatic carbocycles. The van der Waals surface area contributed by atoms with Crippen LogP contribution >= 0.6 is 0 Å². The van der Waals surface area contributed by atoms with Crippen LogP contribution in [0.3, 0.4) is 0 Å². The predicted molar refractivity (Wildman–Crippen MR) is 289 cm³/mol. The van der Waals surface area contributed by atoms with Crippen molar-refractivity contribution in [2.45, 2.75) is 335 Å². The molecule has 0 N–H and O–H groups in total. The van der Waals surface area contributed by atoms with E-state index >= 15 is 0 Å². The fraction of sp³-hybridized carbons (Fsp3) is 0.885. The molecule has 0 aliphatic rings. The zero-order valence-electron chi connectivity index (χ0n) is 45.2. The van der Waals surface area contributed by atoms with Gasteiger partial charge in [0.2, 0.25) is 0 Å². The van der Waals surface area contributed by atoms with Gasteiger partial charge in [-0.2, -0.15) is 0 Å². The SMILES string of the molecule is CCCCCCC/C=C\CCCCCCCC(=O)OCC(COC(=O)CCCCCCCCCCC/C=C\CCCCCCCC)OC(=O)CCCCCCCCCCCCCCCCCC. The highest BCUT2D eigenvalue weighted by Crippen LogP contribution is 2.17. The van der Waals surface area contributed by atoms with Crippen LogP contribution in [0, 0.1) is 0 Å². The van der Waals surface area contributed by atoms with Crippen molar-refractivity contribution in [3.05, 3.63) is 24.3 Å². The molecule has 0 saturated heterocycles. The van der Waals surface area contributed by atoms with Gasteiger partial charge in [0, 0.05) is 19.3 Å². The first-order chi connectivity index (χ1) is 33.0. The van der Waals surface area contributed by atoms with Crippen LogP contribution in [0.1, 0.15) is 329 Å². The van der Waals surface area contributed by atoms with E-state index in [1.54, 1.807) is 0 Å². The van der Waals surface area contributed by atoms with Gasteiger partial charge in [0.25, 0.3) is 0 Å². The molecule has 0 amide bonds. The molecule has 0 rings (SSSR count). The quantitative estimate of drug-likeness (QED) is 0.0262. The molecule has 0 aliphatic heterocycles. The zero-order chi connectivity index (χ0) is 48.6. The standard InChI is InChI=1S/C61H114O6/c1-4-7-10-13-16-19-22-25-28-30-31-32-34-36-39-42-45-48-51-54-60(63)66-57-58(56-65-59(62)53-50-47-44-41-38-35-27-24-21-18-15-12-9-6-3)67-61(64)55-52-49-46-43-40-37-33-29-26-23-20-17-14-11-8-5-2/h24-25,27-28,58H,4-23,26,29-57H2,1-3H3/b27-24-,28-25-. The topological polar surface area (TPSA) is 78.9 Å². The second-order valence-corrected chi connectivity index (χ2v) is 20.3. The van der Waals surface area contributed by atoms with E-state index in [1.807, 2.05) is 0 Å². The highest BCUT2D eigenvalue weighted by atomic mass is 16.6. The van der Waals surface area contributed by atoms with E-state index in [0.717, 1.165) is 64.2 Å². The van der Waals surface area contributed by atoms with Crippen molar-refractivity contribution in [1.29, 1.82) is 0 Å². The maximum absolute atomic E-state index is 12.9. The number of carbonyl (C=O) groups excluding carboxylic acids is 3. The van der Waals surface area contributed by atoms with Crippen molar-refractivity contribution in [3.63, 3.8) is 0 Å².